The molecule has 0 amide bonds. The number of carbonyl (C=O) groups is 1. The molecule has 0 aliphatic rings. The Morgan fingerprint density at radius 3 is 2.38 bits per heavy atom. The van der Waals surface area contributed by atoms with Gasteiger partial charge in [0.1, 0.15) is 0 Å². The van der Waals surface area contributed by atoms with Crippen molar-refractivity contribution < 1.29 is 14.3 Å². The highest BCUT2D eigenvalue weighted by Crippen LogP contribution is 1.89. The van der Waals surface area contributed by atoms with E-state index in [4.69, 9.17) is 0 Å². The molecule has 0 aliphatic carbocycles. The fraction of sp³-hybridized carbons (Fsp3) is 0.250. The van der Waals surface area contributed by atoms with Gasteiger partial charge in [0.05, 0.1) is 0 Å². The van der Waals surface area contributed by atoms with Crippen molar-refractivity contribution >= 4 is 16.5 Å². The third-order valence-corrected chi connectivity index (χ3v) is 0.674. The molecule has 0 aromatic rings. The Bertz CT molecular complexity index is 110. The Morgan fingerprint density at radius 2 is 2.25 bits per heavy atom. The van der Waals surface area contributed by atoms with Gasteiger partial charge < -0.3 is 4.89 Å². The number of carbonyl (C=O) groups excluding carboxylic acids is 1. The summed E-state index contributed by atoms with van der Waals surface area (Å²) in [5.74, 6) is -0.500. The van der Waals surface area contributed by atoms with E-state index in [1.54, 1.807) is 6.92 Å². The molecule has 0 atom stereocenters. The highest BCUT2D eigenvalue weighted by molar-refractivity contribution is 5.98. The number of rotatable bonds is 2. The second kappa shape index (κ2) is 3.40. The molecular formula is C4H8O3Si. The first-order chi connectivity index (χ1) is 3.68. The smallest absolute Gasteiger partial charge is 0.306 e. The van der Waals surface area contributed by atoms with Crippen molar-refractivity contribution in [2.24, 2.45) is 0 Å². The zero-order valence-electron chi connectivity index (χ0n) is 4.93. The molecule has 0 radical (unpaired) electrons. The van der Waals surface area contributed by atoms with Gasteiger partial charge in [0.15, 0.2) is 0 Å². The van der Waals surface area contributed by atoms with Crippen LogP contribution in [0.3, 0.4) is 0 Å². The molecule has 0 unspecified atom stereocenters. The van der Waals surface area contributed by atoms with Gasteiger partial charge in [-0.15, -0.1) is 0 Å². The minimum Gasteiger partial charge on any atom is -0.306 e. The number of hydrogen-bond acceptors (Lipinski definition) is 3. The van der Waals surface area contributed by atoms with Crippen LogP contribution in [-0.2, 0) is 14.3 Å². The van der Waals surface area contributed by atoms with Crippen LogP contribution in [0.4, 0.5) is 0 Å². The van der Waals surface area contributed by atoms with E-state index < -0.39 is 5.97 Å². The maximum absolute atomic E-state index is 10.3. The Kier molecular flexibility index (Phi) is 3.14. The molecule has 0 saturated heterocycles. The second-order valence-electron chi connectivity index (χ2n) is 1.32. The summed E-state index contributed by atoms with van der Waals surface area (Å²) >= 11 is 0. The highest BCUT2D eigenvalue weighted by Gasteiger charge is 1.99. The molecule has 4 heteroatoms. The van der Waals surface area contributed by atoms with Crippen LogP contribution in [-0.4, -0.2) is 16.5 Å². The largest absolute Gasteiger partial charge is 0.366 e. The van der Waals surface area contributed by atoms with Crippen LogP contribution in [0.5, 0.6) is 0 Å². The molecular weight excluding hydrogens is 124 g/mol. The van der Waals surface area contributed by atoms with Crippen LogP contribution >= 0.6 is 0 Å². The van der Waals surface area contributed by atoms with E-state index >= 15 is 0 Å². The first-order valence-electron chi connectivity index (χ1n) is 2.09. The minimum atomic E-state index is -0.500. The second-order valence-corrected chi connectivity index (χ2v) is 1.65. The summed E-state index contributed by atoms with van der Waals surface area (Å²) < 4.78 is 4.19. The van der Waals surface area contributed by atoms with Crippen molar-refractivity contribution in [1.82, 2.24) is 0 Å². The van der Waals surface area contributed by atoms with Crippen LogP contribution in [0.25, 0.3) is 0 Å². The van der Waals surface area contributed by atoms with Gasteiger partial charge in [-0.3, -0.25) is 4.58 Å². The van der Waals surface area contributed by atoms with Crippen LogP contribution in [0.2, 0.25) is 0 Å². The molecule has 0 fully saturated rings. The summed E-state index contributed by atoms with van der Waals surface area (Å²) in [5, 5.41) is 0. The SMILES string of the molecule is C=C(C)C(=O)OO[SiH3]. The lowest BCUT2D eigenvalue weighted by Gasteiger charge is -1.95. The normalized spacial score (nSPS) is 8.62. The fourth-order valence-corrected chi connectivity index (χ4v) is 0.298. The molecule has 0 rings (SSSR count). The van der Waals surface area contributed by atoms with Crippen LogP contribution in [0.1, 0.15) is 6.92 Å². The van der Waals surface area contributed by atoms with Crippen molar-refractivity contribution in [2.75, 3.05) is 0 Å². The minimum absolute atomic E-state index is 0.348. The van der Waals surface area contributed by atoms with Crippen LogP contribution < -0.4 is 0 Å². The monoisotopic (exact) mass is 132 g/mol. The molecule has 0 saturated carbocycles. The van der Waals surface area contributed by atoms with E-state index in [-0.39, 0.29) is 0 Å². The van der Waals surface area contributed by atoms with Gasteiger partial charge in [-0.1, -0.05) is 6.58 Å². The summed E-state index contributed by atoms with van der Waals surface area (Å²) in [6, 6.07) is 0. The van der Waals surface area contributed by atoms with Crippen molar-refractivity contribution in [1.29, 1.82) is 0 Å². The summed E-state index contributed by atoms with van der Waals surface area (Å²) in [4.78, 5) is 14.4. The quantitative estimate of drug-likeness (QED) is 0.216. The van der Waals surface area contributed by atoms with Crippen molar-refractivity contribution in [2.45, 2.75) is 6.92 Å². The predicted octanol–water partition coefficient (Wildman–Crippen LogP) is -0.682. The lowest BCUT2D eigenvalue weighted by Crippen LogP contribution is -2.03. The first-order valence-corrected chi connectivity index (χ1v) is 2.90. The van der Waals surface area contributed by atoms with Crippen molar-refractivity contribution in [3.63, 3.8) is 0 Å². The molecule has 0 heterocycles. The molecule has 0 aromatic carbocycles. The Hall–Kier alpha value is -0.613. The van der Waals surface area contributed by atoms with Crippen LogP contribution in [0.15, 0.2) is 12.2 Å². The fourth-order valence-electron chi connectivity index (χ4n) is 0.147. The van der Waals surface area contributed by atoms with E-state index in [1.807, 2.05) is 0 Å². The predicted molar refractivity (Wildman–Crippen MR) is 31.9 cm³/mol. The van der Waals surface area contributed by atoms with E-state index in [0.29, 0.717) is 16.1 Å². The summed E-state index contributed by atoms with van der Waals surface area (Å²) in [6.07, 6.45) is 0. The summed E-state index contributed by atoms with van der Waals surface area (Å²) in [6.45, 7) is 4.89. The van der Waals surface area contributed by atoms with E-state index in [9.17, 15) is 4.79 Å². The molecule has 0 N–H and O–H groups in total. The Labute approximate surface area is 50.8 Å². The lowest BCUT2D eigenvalue weighted by atomic mass is 10.4. The van der Waals surface area contributed by atoms with Gasteiger partial charge in [0, 0.05) is 5.57 Å². The molecule has 8 heavy (non-hydrogen) atoms. The molecule has 0 spiro atoms. The van der Waals surface area contributed by atoms with Gasteiger partial charge in [0.2, 0.25) is 10.5 Å². The first kappa shape index (κ1) is 7.39. The van der Waals surface area contributed by atoms with Gasteiger partial charge >= 0.3 is 5.97 Å². The van der Waals surface area contributed by atoms with Gasteiger partial charge in [-0.25, -0.2) is 4.79 Å². The standard InChI is InChI=1S/C4H8O3Si/c1-3(2)4(5)6-7-8/h1H2,2,8H3. The van der Waals surface area contributed by atoms with Crippen molar-refractivity contribution in [3.8, 4) is 0 Å². The molecule has 0 aromatic heterocycles. The average Bonchev–Trinajstić information content (AvgIpc) is 1.67. The topological polar surface area (TPSA) is 35.5 Å². The van der Waals surface area contributed by atoms with E-state index in [1.165, 1.54) is 0 Å². The molecule has 0 bridgehead atoms. The van der Waals surface area contributed by atoms with Gasteiger partial charge in [-0.05, 0) is 6.92 Å². The lowest BCUT2D eigenvalue weighted by molar-refractivity contribution is -0.206. The third-order valence-electron chi connectivity index (χ3n) is 0.507. The molecule has 3 nitrogen and oxygen atoms in total. The Morgan fingerprint density at radius 1 is 1.75 bits per heavy atom. The van der Waals surface area contributed by atoms with E-state index in [0.717, 1.165) is 0 Å². The zero-order valence-corrected chi connectivity index (χ0v) is 6.93. The summed E-state index contributed by atoms with van der Waals surface area (Å²) in [7, 11) is 0.399. The highest BCUT2D eigenvalue weighted by atomic mass is 28.2. The van der Waals surface area contributed by atoms with Crippen LogP contribution in [0, 0.1) is 0 Å². The molecule has 46 valence electrons. The number of hydrogen-bond donors (Lipinski definition) is 0. The Balaban J connectivity index is 3.49. The maximum atomic E-state index is 10.3. The van der Waals surface area contributed by atoms with Gasteiger partial charge in [0.25, 0.3) is 0 Å². The summed E-state index contributed by atoms with van der Waals surface area (Å²) in [5.41, 5.74) is 0.348. The average molecular weight is 132 g/mol. The molecule has 0 aliphatic heterocycles. The van der Waals surface area contributed by atoms with E-state index in [2.05, 4.69) is 16.0 Å². The zero-order chi connectivity index (χ0) is 6.57. The third kappa shape index (κ3) is 2.54. The van der Waals surface area contributed by atoms with Gasteiger partial charge in [-0.2, -0.15) is 0 Å². The van der Waals surface area contributed by atoms with Crippen molar-refractivity contribution in [3.05, 3.63) is 12.2 Å². The maximum Gasteiger partial charge on any atom is 0.366 e.